The van der Waals surface area contributed by atoms with Crippen LogP contribution in [-0.4, -0.2) is 53.3 Å². The van der Waals surface area contributed by atoms with Crippen LogP contribution in [0.25, 0.3) is 22.3 Å². The fourth-order valence-corrected chi connectivity index (χ4v) is 3.44. The number of nitrogens with zero attached hydrogens (tertiary/aromatic N) is 6. The molecule has 32 heavy (non-hydrogen) atoms. The molecule has 0 N–H and O–H groups in total. The van der Waals surface area contributed by atoms with Gasteiger partial charge in [0.1, 0.15) is 11.5 Å². The van der Waals surface area contributed by atoms with Gasteiger partial charge in [-0.05, 0) is 25.1 Å². The first-order valence-electron chi connectivity index (χ1n) is 10.2. The van der Waals surface area contributed by atoms with Crippen LogP contribution in [0.15, 0.2) is 60.0 Å². The molecule has 0 bridgehead atoms. The van der Waals surface area contributed by atoms with E-state index in [4.69, 9.17) is 14.5 Å². The van der Waals surface area contributed by atoms with Crippen LogP contribution in [0.5, 0.6) is 11.5 Å². The lowest BCUT2D eigenvalue weighted by molar-refractivity contribution is 0.394. The molecule has 0 atom stereocenters. The molecule has 0 aliphatic heterocycles. The number of aromatic nitrogens is 4. The van der Waals surface area contributed by atoms with Gasteiger partial charge in [0.15, 0.2) is 0 Å². The van der Waals surface area contributed by atoms with Gasteiger partial charge in [-0.15, -0.1) is 0 Å². The molecule has 2 aromatic carbocycles. The summed E-state index contributed by atoms with van der Waals surface area (Å²) in [7, 11) is 6.97. The first kappa shape index (κ1) is 21.3. The fourth-order valence-electron chi connectivity index (χ4n) is 3.44. The third kappa shape index (κ3) is 4.39. The molecule has 0 unspecified atom stereocenters. The van der Waals surface area contributed by atoms with E-state index in [1.54, 1.807) is 38.3 Å². The van der Waals surface area contributed by atoms with E-state index in [9.17, 15) is 0 Å². The molecule has 0 radical (unpaired) electrons. The third-order valence-electron chi connectivity index (χ3n) is 5.25. The van der Waals surface area contributed by atoms with Crippen LogP contribution in [0.3, 0.4) is 0 Å². The van der Waals surface area contributed by atoms with E-state index in [0.29, 0.717) is 6.54 Å². The molecule has 4 aromatic rings. The van der Waals surface area contributed by atoms with Crippen molar-refractivity contribution in [3.05, 3.63) is 55.0 Å². The summed E-state index contributed by atoms with van der Waals surface area (Å²) in [5.41, 5.74) is 6.22. The van der Waals surface area contributed by atoms with Crippen LogP contribution in [0.1, 0.15) is 6.92 Å². The number of ether oxygens (including phenoxy) is 2. The molecule has 0 fully saturated rings. The minimum atomic E-state index is 0.605. The summed E-state index contributed by atoms with van der Waals surface area (Å²) < 4.78 is 12.7. The first-order valence-corrected chi connectivity index (χ1v) is 10.2. The second kappa shape index (κ2) is 9.05. The Morgan fingerprint density at radius 1 is 1.00 bits per heavy atom. The number of anilines is 2. The van der Waals surface area contributed by atoms with Crippen molar-refractivity contribution in [3.63, 3.8) is 0 Å². The Morgan fingerprint density at radius 3 is 2.38 bits per heavy atom. The molecule has 0 spiro atoms. The number of fused-ring (bicyclic) bond motifs is 1. The van der Waals surface area contributed by atoms with Crippen molar-refractivity contribution in [3.8, 4) is 22.8 Å². The second-order valence-electron chi connectivity index (χ2n) is 7.45. The summed E-state index contributed by atoms with van der Waals surface area (Å²) >= 11 is 0. The molecule has 2 aromatic heterocycles. The smallest absolute Gasteiger partial charge is 0.124 e. The predicted octanol–water partition coefficient (Wildman–Crippen LogP) is 4.28. The quantitative estimate of drug-likeness (QED) is 0.407. The fraction of sp³-hybridized carbons (Fsp3) is 0.250. The van der Waals surface area contributed by atoms with Crippen LogP contribution in [0.4, 0.5) is 11.4 Å². The van der Waals surface area contributed by atoms with Crippen LogP contribution < -0.4 is 14.4 Å². The lowest BCUT2D eigenvalue weighted by atomic mass is 10.1. The van der Waals surface area contributed by atoms with Gasteiger partial charge < -0.3 is 14.4 Å². The summed E-state index contributed by atoms with van der Waals surface area (Å²) in [5, 5.41) is 4.24. The van der Waals surface area contributed by atoms with E-state index in [2.05, 4.69) is 20.0 Å². The molecule has 164 valence electrons. The molecule has 0 saturated heterocycles. The van der Waals surface area contributed by atoms with Crippen LogP contribution in [-0.2, 0) is 7.05 Å². The zero-order valence-corrected chi connectivity index (χ0v) is 18.9. The summed E-state index contributed by atoms with van der Waals surface area (Å²) in [6, 6.07) is 11.9. The van der Waals surface area contributed by atoms with Crippen molar-refractivity contribution in [2.75, 3.05) is 32.7 Å². The molecule has 0 aliphatic carbocycles. The highest BCUT2D eigenvalue weighted by atomic mass is 16.5. The zero-order chi connectivity index (χ0) is 22.7. The number of rotatable bonds is 7. The Labute approximate surface area is 187 Å². The van der Waals surface area contributed by atoms with E-state index < -0.39 is 0 Å². The predicted molar refractivity (Wildman–Crippen MR) is 127 cm³/mol. The Kier molecular flexibility index (Phi) is 6.02. The SMILES string of the molecule is C/N=C(\C)CN(c1cc(OC)cc(OC)c1)c1ccc2ncc(-c3cnn(C)c3)nc2c1. The Morgan fingerprint density at radius 2 is 1.75 bits per heavy atom. The Balaban J connectivity index is 1.82. The molecule has 8 heteroatoms. The maximum atomic E-state index is 5.48. The molecule has 0 aliphatic rings. The standard InChI is InChI=1S/C24H26N6O2/c1-16(25-2)14-30(19-8-20(31-4)11-21(9-19)32-5)18-6-7-22-23(10-18)28-24(13-26-22)17-12-27-29(3)15-17/h6-13,15H,14H2,1-5H3/b25-16+. The first-order chi connectivity index (χ1) is 15.5. The average molecular weight is 431 g/mol. The Bertz CT molecular complexity index is 1260. The molecule has 4 rings (SSSR count). The number of benzene rings is 2. The highest BCUT2D eigenvalue weighted by molar-refractivity contribution is 5.90. The van der Waals surface area contributed by atoms with Gasteiger partial charge in [-0.1, -0.05) is 0 Å². The van der Waals surface area contributed by atoms with Crippen LogP contribution >= 0.6 is 0 Å². The van der Waals surface area contributed by atoms with Gasteiger partial charge in [-0.25, -0.2) is 4.98 Å². The van der Waals surface area contributed by atoms with E-state index in [1.165, 1.54) is 0 Å². The highest BCUT2D eigenvalue weighted by Gasteiger charge is 2.15. The topological polar surface area (TPSA) is 77.7 Å². The molecule has 8 nitrogen and oxygen atoms in total. The van der Waals surface area contributed by atoms with Crippen molar-refractivity contribution in [2.45, 2.75) is 6.92 Å². The van der Waals surface area contributed by atoms with Gasteiger partial charge in [0, 0.05) is 61.1 Å². The van der Waals surface area contributed by atoms with Crippen molar-refractivity contribution in [1.82, 2.24) is 19.7 Å². The molecular formula is C24H26N6O2. The average Bonchev–Trinajstić information content (AvgIpc) is 3.27. The van der Waals surface area contributed by atoms with Crippen LogP contribution in [0, 0.1) is 0 Å². The number of hydrogen-bond acceptors (Lipinski definition) is 7. The van der Waals surface area contributed by atoms with Gasteiger partial charge in [0.05, 0.1) is 49.9 Å². The number of hydrogen-bond donors (Lipinski definition) is 0. The van der Waals surface area contributed by atoms with Crippen LogP contribution in [0.2, 0.25) is 0 Å². The van der Waals surface area contributed by atoms with E-state index in [-0.39, 0.29) is 0 Å². The number of aryl methyl sites for hydroxylation is 1. The monoisotopic (exact) mass is 430 g/mol. The summed E-state index contributed by atoms with van der Waals surface area (Å²) in [5.74, 6) is 1.43. The van der Waals surface area contributed by atoms with E-state index in [1.807, 2.05) is 56.6 Å². The molecular weight excluding hydrogens is 404 g/mol. The van der Waals surface area contributed by atoms with Gasteiger partial charge in [-0.3, -0.25) is 14.7 Å². The zero-order valence-electron chi connectivity index (χ0n) is 18.9. The highest BCUT2D eigenvalue weighted by Crippen LogP contribution is 2.34. The van der Waals surface area contributed by atoms with E-state index in [0.717, 1.165) is 50.9 Å². The summed E-state index contributed by atoms with van der Waals surface area (Å²) in [6.07, 6.45) is 5.49. The normalized spacial score (nSPS) is 11.6. The molecule has 2 heterocycles. The van der Waals surface area contributed by atoms with E-state index >= 15 is 0 Å². The minimum Gasteiger partial charge on any atom is -0.497 e. The van der Waals surface area contributed by atoms with Crippen molar-refractivity contribution < 1.29 is 9.47 Å². The molecule has 0 amide bonds. The van der Waals surface area contributed by atoms with Crippen molar-refractivity contribution in [1.29, 1.82) is 0 Å². The number of methoxy groups -OCH3 is 2. The maximum Gasteiger partial charge on any atom is 0.124 e. The molecule has 0 saturated carbocycles. The third-order valence-corrected chi connectivity index (χ3v) is 5.25. The van der Waals surface area contributed by atoms with Gasteiger partial charge in [0.25, 0.3) is 0 Å². The van der Waals surface area contributed by atoms with Gasteiger partial charge >= 0.3 is 0 Å². The Hall–Kier alpha value is -3.94. The second-order valence-corrected chi connectivity index (χ2v) is 7.45. The van der Waals surface area contributed by atoms with Crippen molar-refractivity contribution in [2.24, 2.45) is 12.0 Å². The summed E-state index contributed by atoms with van der Waals surface area (Å²) in [4.78, 5) is 15.9. The minimum absolute atomic E-state index is 0.605. The lowest BCUT2D eigenvalue weighted by Gasteiger charge is -2.26. The summed E-state index contributed by atoms with van der Waals surface area (Å²) in [6.45, 7) is 2.61. The largest absolute Gasteiger partial charge is 0.497 e. The number of aliphatic imine (C=N–C) groups is 1. The lowest BCUT2D eigenvalue weighted by Crippen LogP contribution is -2.24. The maximum absolute atomic E-state index is 5.48. The van der Waals surface area contributed by atoms with Gasteiger partial charge in [-0.2, -0.15) is 5.10 Å². The van der Waals surface area contributed by atoms with Crippen molar-refractivity contribution >= 4 is 28.1 Å². The van der Waals surface area contributed by atoms with Gasteiger partial charge in [0.2, 0.25) is 0 Å².